The van der Waals surface area contributed by atoms with Crippen LogP contribution in [0, 0.1) is 11.3 Å². The van der Waals surface area contributed by atoms with E-state index in [9.17, 15) is 34.0 Å². The number of piperidine rings is 2. The summed E-state index contributed by atoms with van der Waals surface area (Å²) in [7, 11) is 0. The summed E-state index contributed by atoms with van der Waals surface area (Å²) < 4.78 is 0. The molecule has 3 fully saturated rings. The lowest BCUT2D eigenvalue weighted by atomic mass is 9.70. The molecule has 5 heterocycles. The maximum atomic E-state index is 14.1. The number of aromatic amines is 1. The number of piperazine rings is 1. The zero-order chi connectivity index (χ0) is 41.5. The third kappa shape index (κ3) is 6.05. The highest BCUT2D eigenvalue weighted by atomic mass is 16.2. The minimum absolute atomic E-state index is 0.0107. The average molecular weight is 795 g/mol. The van der Waals surface area contributed by atoms with Crippen molar-refractivity contribution < 1.29 is 28.8 Å². The molecule has 0 spiro atoms. The average Bonchev–Trinajstić information content (AvgIpc) is 3.77. The molecule has 59 heavy (non-hydrogen) atoms. The second-order valence-electron chi connectivity index (χ2n) is 16.9. The molecular formula is C45H46N8O6. The lowest BCUT2D eigenvalue weighted by Crippen LogP contribution is -2.55. The van der Waals surface area contributed by atoms with Gasteiger partial charge in [-0.2, -0.15) is 5.26 Å². The molecule has 4 aromatic rings. The van der Waals surface area contributed by atoms with Crippen LogP contribution in [0.3, 0.4) is 0 Å². The third-order valence-electron chi connectivity index (χ3n) is 13.3. The third-order valence-corrected chi connectivity index (χ3v) is 13.3. The monoisotopic (exact) mass is 794 g/mol. The Morgan fingerprint density at radius 3 is 2.36 bits per heavy atom. The molecule has 302 valence electrons. The molecule has 14 nitrogen and oxygen atoms in total. The van der Waals surface area contributed by atoms with Gasteiger partial charge in [-0.15, -0.1) is 0 Å². The minimum atomic E-state index is -1.18. The SMILES string of the molecule is CCc1cc2c(cc1N1CCC(N3CCN(C(=O)C(N)c4cccc5c4C(=O)N(C4CCC(=O)NC4=O)C5=O)CC3)CC1)C(C)(C)c1[nH]c3cc(C#N)ccc3c1C2=O. The molecule has 4 aliphatic heterocycles. The summed E-state index contributed by atoms with van der Waals surface area (Å²) in [6.45, 7) is 10.4. The van der Waals surface area contributed by atoms with E-state index in [0.717, 1.165) is 76.2 Å². The van der Waals surface area contributed by atoms with Crippen LogP contribution in [0.15, 0.2) is 48.5 Å². The summed E-state index contributed by atoms with van der Waals surface area (Å²) in [6, 6.07) is 14.7. The van der Waals surface area contributed by atoms with Gasteiger partial charge in [0.25, 0.3) is 11.8 Å². The Balaban J connectivity index is 0.854. The quantitative estimate of drug-likeness (QED) is 0.243. The van der Waals surface area contributed by atoms with E-state index in [2.05, 4.69) is 59.1 Å². The number of hydrogen-bond donors (Lipinski definition) is 3. The molecule has 1 aromatic heterocycles. The molecular weight excluding hydrogens is 749 g/mol. The van der Waals surface area contributed by atoms with Crippen LogP contribution in [0.4, 0.5) is 5.69 Å². The van der Waals surface area contributed by atoms with Gasteiger partial charge < -0.3 is 20.5 Å². The van der Waals surface area contributed by atoms with E-state index in [1.54, 1.807) is 23.1 Å². The number of aryl methyl sites for hydroxylation is 1. The fourth-order valence-electron chi connectivity index (χ4n) is 10.1. The Labute approximate surface area is 341 Å². The first-order valence-corrected chi connectivity index (χ1v) is 20.5. The smallest absolute Gasteiger partial charge is 0.262 e. The van der Waals surface area contributed by atoms with Crippen molar-refractivity contribution in [3.8, 4) is 6.07 Å². The van der Waals surface area contributed by atoms with E-state index in [4.69, 9.17) is 5.73 Å². The maximum Gasteiger partial charge on any atom is 0.262 e. The zero-order valence-electron chi connectivity index (χ0n) is 33.4. The molecule has 5 aliphatic rings. The number of H-pyrrole nitrogens is 1. The lowest BCUT2D eigenvalue weighted by Gasteiger charge is -2.44. The predicted molar refractivity (Wildman–Crippen MR) is 218 cm³/mol. The normalized spacial score (nSPS) is 21.3. The van der Waals surface area contributed by atoms with Gasteiger partial charge in [0.1, 0.15) is 12.1 Å². The minimum Gasteiger partial charge on any atom is -0.371 e. The second-order valence-corrected chi connectivity index (χ2v) is 16.9. The van der Waals surface area contributed by atoms with Crippen LogP contribution < -0.4 is 16.0 Å². The van der Waals surface area contributed by atoms with Crippen LogP contribution in [0.1, 0.15) is 117 Å². The number of hydrogen-bond acceptors (Lipinski definition) is 10. The molecule has 4 N–H and O–H groups in total. The number of rotatable bonds is 6. The fourth-order valence-corrected chi connectivity index (χ4v) is 10.1. The van der Waals surface area contributed by atoms with Crippen molar-refractivity contribution >= 4 is 51.9 Å². The Bertz CT molecular complexity index is 2550. The summed E-state index contributed by atoms with van der Waals surface area (Å²) in [5.41, 5.74) is 13.4. The van der Waals surface area contributed by atoms with Crippen molar-refractivity contribution in [1.29, 1.82) is 5.26 Å². The van der Waals surface area contributed by atoms with Crippen molar-refractivity contribution in [1.82, 2.24) is 25.0 Å². The molecule has 14 heteroatoms. The van der Waals surface area contributed by atoms with E-state index < -0.39 is 41.1 Å². The van der Waals surface area contributed by atoms with Gasteiger partial charge in [0.15, 0.2) is 5.78 Å². The number of nitrogens with two attached hydrogens (primary N) is 1. The van der Waals surface area contributed by atoms with Crippen LogP contribution in [0.2, 0.25) is 0 Å². The first-order chi connectivity index (χ1) is 28.3. The molecule has 3 saturated heterocycles. The van der Waals surface area contributed by atoms with Gasteiger partial charge >= 0.3 is 0 Å². The predicted octanol–water partition coefficient (Wildman–Crippen LogP) is 3.69. The topological polar surface area (TPSA) is 193 Å². The number of fused-ring (bicyclic) bond motifs is 5. The van der Waals surface area contributed by atoms with Crippen molar-refractivity contribution in [2.75, 3.05) is 44.2 Å². The first-order valence-electron chi connectivity index (χ1n) is 20.5. The molecule has 3 aromatic carbocycles. The van der Waals surface area contributed by atoms with E-state index >= 15 is 0 Å². The zero-order valence-corrected chi connectivity index (χ0v) is 33.4. The Morgan fingerprint density at radius 1 is 0.915 bits per heavy atom. The van der Waals surface area contributed by atoms with Crippen LogP contribution in [-0.4, -0.2) is 106 Å². The molecule has 9 rings (SSSR count). The summed E-state index contributed by atoms with van der Waals surface area (Å²) in [5.74, 6) is -2.80. The maximum absolute atomic E-state index is 14.1. The highest BCUT2D eigenvalue weighted by molar-refractivity contribution is 6.24. The number of anilines is 1. The van der Waals surface area contributed by atoms with Gasteiger partial charge in [0.05, 0.1) is 28.3 Å². The van der Waals surface area contributed by atoms with Crippen LogP contribution in [0.5, 0.6) is 0 Å². The number of imide groups is 2. The van der Waals surface area contributed by atoms with Gasteiger partial charge in [-0.05, 0) is 72.7 Å². The fraction of sp³-hybridized carbons (Fsp3) is 0.400. The lowest BCUT2D eigenvalue weighted by molar-refractivity contribution is -0.136. The summed E-state index contributed by atoms with van der Waals surface area (Å²) in [6.07, 6.45) is 2.72. The molecule has 0 saturated carbocycles. The number of nitriles is 1. The van der Waals surface area contributed by atoms with E-state index in [-0.39, 0.29) is 41.2 Å². The molecule has 2 atom stereocenters. The number of carbonyl (C=O) groups excluding carboxylic acids is 6. The Kier molecular flexibility index (Phi) is 9.28. The standard InChI is InChI=1S/C45H46N8O6/c1-4-25-21-30-31(45(2,3)40-37(39(30)55)27-9-8-24(23-46)20-32(27)48-40)22-34(25)51-14-12-26(13-15-51)50-16-18-52(19-17-50)44(59)38(47)28-6-5-7-29-36(28)43(58)53(42(29)57)33-10-11-35(54)49-41(33)56/h5-9,20-22,26,33,38,48H,4,10-19,47H2,1-3H3,(H,49,54,56). The molecule has 0 bridgehead atoms. The summed E-state index contributed by atoms with van der Waals surface area (Å²) in [5, 5.41) is 12.5. The number of nitrogens with zero attached hydrogens (tertiary/aromatic N) is 5. The van der Waals surface area contributed by atoms with Crippen molar-refractivity contribution in [3.63, 3.8) is 0 Å². The van der Waals surface area contributed by atoms with Gasteiger partial charge in [-0.3, -0.25) is 43.9 Å². The van der Waals surface area contributed by atoms with E-state index in [0.29, 0.717) is 43.3 Å². The number of carbonyl (C=O) groups is 6. The van der Waals surface area contributed by atoms with Crippen LogP contribution >= 0.6 is 0 Å². The van der Waals surface area contributed by atoms with Gasteiger partial charge in [0, 0.05) is 85.0 Å². The van der Waals surface area contributed by atoms with Gasteiger partial charge in [0.2, 0.25) is 17.7 Å². The van der Waals surface area contributed by atoms with Gasteiger partial charge in [-0.25, -0.2) is 0 Å². The Morgan fingerprint density at radius 2 is 1.66 bits per heavy atom. The number of ketones is 1. The number of benzene rings is 3. The second kappa shape index (κ2) is 14.3. The molecule has 2 unspecified atom stereocenters. The number of nitrogens with one attached hydrogen (secondary N) is 2. The van der Waals surface area contributed by atoms with E-state index in [1.807, 2.05) is 12.1 Å². The van der Waals surface area contributed by atoms with Crippen molar-refractivity contribution in [2.24, 2.45) is 5.73 Å². The van der Waals surface area contributed by atoms with Gasteiger partial charge in [-0.1, -0.05) is 39.0 Å². The first kappa shape index (κ1) is 38.4. The molecule has 5 amide bonds. The molecule has 1 aliphatic carbocycles. The highest BCUT2D eigenvalue weighted by Gasteiger charge is 2.47. The highest BCUT2D eigenvalue weighted by Crippen LogP contribution is 2.46. The number of amides is 5. The number of aromatic nitrogens is 1. The van der Waals surface area contributed by atoms with Crippen molar-refractivity contribution in [3.05, 3.63) is 98.7 Å². The van der Waals surface area contributed by atoms with Crippen LogP contribution in [-0.2, 0) is 26.2 Å². The van der Waals surface area contributed by atoms with Crippen molar-refractivity contribution in [2.45, 2.75) is 76.4 Å². The molecule has 0 radical (unpaired) electrons. The Hall–Kier alpha value is -6.17. The van der Waals surface area contributed by atoms with E-state index in [1.165, 1.54) is 6.07 Å². The van der Waals surface area contributed by atoms with Crippen LogP contribution in [0.25, 0.3) is 10.9 Å². The summed E-state index contributed by atoms with van der Waals surface area (Å²) in [4.78, 5) is 90.3. The summed E-state index contributed by atoms with van der Waals surface area (Å²) >= 11 is 0. The largest absolute Gasteiger partial charge is 0.371 e.